The Morgan fingerprint density at radius 1 is 1.78 bits per heavy atom. The predicted octanol–water partition coefficient (Wildman–Crippen LogP) is 1.50. The highest BCUT2D eigenvalue weighted by Gasteiger charge is 1.95. The van der Waals surface area contributed by atoms with Crippen LogP contribution in [0.25, 0.3) is 4.96 Å². The Balaban J connectivity index is 2.92. The van der Waals surface area contributed by atoms with Crippen molar-refractivity contribution < 1.29 is 0 Å². The summed E-state index contributed by atoms with van der Waals surface area (Å²) in [6.45, 7) is 1.94. The third-order valence-electron chi connectivity index (χ3n) is 1.14. The Labute approximate surface area is 56.8 Å². The maximum absolute atomic E-state index is 4.20. The normalized spacial score (nSPS) is 10.8. The molecule has 9 heavy (non-hydrogen) atoms. The SMILES string of the molecule is Cc1[c]n2ccsc2n1. The van der Waals surface area contributed by atoms with Crippen LogP contribution in [0.4, 0.5) is 0 Å². The van der Waals surface area contributed by atoms with Crippen molar-refractivity contribution in [1.82, 2.24) is 9.38 Å². The average Bonchev–Trinajstić information content (AvgIpc) is 2.22. The van der Waals surface area contributed by atoms with Gasteiger partial charge in [-0.3, -0.25) is 4.40 Å². The standard InChI is InChI=1S/C6H5N2S/c1-5-4-8-2-3-9-6(8)7-5/h2-3H,1H3. The molecule has 0 saturated carbocycles. The molecule has 0 unspecified atom stereocenters. The van der Waals surface area contributed by atoms with Gasteiger partial charge >= 0.3 is 0 Å². The second-order valence-electron chi connectivity index (χ2n) is 1.86. The smallest absolute Gasteiger partial charge is 0.194 e. The first kappa shape index (κ1) is 4.99. The summed E-state index contributed by atoms with van der Waals surface area (Å²) in [7, 11) is 0. The number of rotatable bonds is 0. The van der Waals surface area contributed by atoms with Gasteiger partial charge in [-0.15, -0.1) is 11.3 Å². The van der Waals surface area contributed by atoms with Crippen molar-refractivity contribution in [2.45, 2.75) is 6.92 Å². The zero-order valence-corrected chi connectivity index (χ0v) is 5.77. The molecule has 45 valence electrons. The van der Waals surface area contributed by atoms with E-state index in [9.17, 15) is 0 Å². The number of fused-ring (bicyclic) bond motifs is 1. The van der Waals surface area contributed by atoms with Gasteiger partial charge in [0.1, 0.15) is 0 Å². The number of hydrogen-bond donors (Lipinski definition) is 0. The van der Waals surface area contributed by atoms with Crippen LogP contribution in [0.5, 0.6) is 0 Å². The molecule has 0 N–H and O–H groups in total. The molecule has 1 radical (unpaired) electrons. The third kappa shape index (κ3) is 0.650. The van der Waals surface area contributed by atoms with E-state index in [4.69, 9.17) is 0 Å². The van der Waals surface area contributed by atoms with Crippen LogP contribution in [-0.4, -0.2) is 9.38 Å². The molecule has 0 saturated heterocycles. The van der Waals surface area contributed by atoms with Crippen LogP contribution in [0, 0.1) is 13.1 Å². The van der Waals surface area contributed by atoms with Gasteiger partial charge in [-0.05, 0) is 6.92 Å². The Morgan fingerprint density at radius 3 is 3.44 bits per heavy atom. The quantitative estimate of drug-likeness (QED) is 0.538. The highest BCUT2D eigenvalue weighted by molar-refractivity contribution is 7.15. The second kappa shape index (κ2) is 1.57. The summed E-state index contributed by atoms with van der Waals surface area (Å²) in [5.41, 5.74) is 0.960. The van der Waals surface area contributed by atoms with Gasteiger partial charge in [0.25, 0.3) is 0 Å². The van der Waals surface area contributed by atoms with Gasteiger partial charge in [0.2, 0.25) is 0 Å². The van der Waals surface area contributed by atoms with E-state index in [1.54, 1.807) is 11.3 Å². The largest absolute Gasteiger partial charge is 0.288 e. The van der Waals surface area contributed by atoms with E-state index in [1.165, 1.54) is 0 Å². The molecule has 0 atom stereocenters. The van der Waals surface area contributed by atoms with Crippen molar-refractivity contribution in [2.75, 3.05) is 0 Å². The molecule has 0 aliphatic heterocycles. The predicted molar refractivity (Wildman–Crippen MR) is 36.6 cm³/mol. The lowest BCUT2D eigenvalue weighted by atomic mass is 10.6. The molecule has 2 nitrogen and oxygen atoms in total. The van der Waals surface area contributed by atoms with E-state index >= 15 is 0 Å². The lowest BCUT2D eigenvalue weighted by molar-refractivity contribution is 1.21. The molecular formula is C6H5N2S. The molecule has 0 aliphatic carbocycles. The summed E-state index contributed by atoms with van der Waals surface area (Å²) >= 11 is 1.63. The molecular weight excluding hydrogens is 132 g/mol. The number of aromatic nitrogens is 2. The highest BCUT2D eigenvalue weighted by atomic mass is 32.1. The molecule has 3 heteroatoms. The summed E-state index contributed by atoms with van der Waals surface area (Å²) < 4.78 is 1.90. The number of nitrogens with zero attached hydrogens (tertiary/aromatic N) is 2. The van der Waals surface area contributed by atoms with Crippen LogP contribution < -0.4 is 0 Å². The van der Waals surface area contributed by atoms with Crippen LogP contribution in [0.15, 0.2) is 11.6 Å². The fraction of sp³-hybridized carbons (Fsp3) is 0.167. The van der Waals surface area contributed by atoms with Gasteiger partial charge in [0, 0.05) is 11.6 Å². The summed E-state index contributed by atoms with van der Waals surface area (Å²) in [5, 5.41) is 2.00. The summed E-state index contributed by atoms with van der Waals surface area (Å²) in [4.78, 5) is 5.22. The molecule has 0 spiro atoms. The van der Waals surface area contributed by atoms with Crippen molar-refractivity contribution in [3.63, 3.8) is 0 Å². The van der Waals surface area contributed by atoms with Crippen molar-refractivity contribution in [2.24, 2.45) is 0 Å². The molecule has 2 aromatic heterocycles. The van der Waals surface area contributed by atoms with E-state index in [-0.39, 0.29) is 0 Å². The van der Waals surface area contributed by atoms with Gasteiger partial charge in [-0.25, -0.2) is 4.98 Å². The zero-order valence-electron chi connectivity index (χ0n) is 4.96. The summed E-state index contributed by atoms with van der Waals surface area (Å²) in [6, 6.07) is 0. The average molecular weight is 137 g/mol. The van der Waals surface area contributed by atoms with Crippen LogP contribution >= 0.6 is 11.3 Å². The van der Waals surface area contributed by atoms with Crippen molar-refractivity contribution in [3.05, 3.63) is 23.5 Å². The number of hydrogen-bond acceptors (Lipinski definition) is 2. The van der Waals surface area contributed by atoms with Crippen molar-refractivity contribution in [3.8, 4) is 0 Å². The molecule has 2 rings (SSSR count). The van der Waals surface area contributed by atoms with Crippen LogP contribution in [0.3, 0.4) is 0 Å². The van der Waals surface area contributed by atoms with Gasteiger partial charge < -0.3 is 0 Å². The minimum absolute atomic E-state index is 0.960. The minimum atomic E-state index is 0.960. The first-order valence-corrected chi connectivity index (χ1v) is 3.56. The van der Waals surface area contributed by atoms with E-state index < -0.39 is 0 Å². The van der Waals surface area contributed by atoms with E-state index in [0.29, 0.717) is 0 Å². The van der Waals surface area contributed by atoms with E-state index in [2.05, 4.69) is 11.2 Å². The number of imidazole rings is 1. The van der Waals surface area contributed by atoms with Gasteiger partial charge in [-0.2, -0.15) is 0 Å². The monoisotopic (exact) mass is 137 g/mol. The first-order chi connectivity index (χ1) is 4.36. The minimum Gasteiger partial charge on any atom is -0.288 e. The fourth-order valence-corrected chi connectivity index (χ4v) is 1.49. The Bertz CT molecular complexity index is 292. The molecule has 0 aromatic carbocycles. The Kier molecular flexibility index (Phi) is 0.873. The summed E-state index contributed by atoms with van der Waals surface area (Å²) in [6.07, 6.45) is 5.01. The summed E-state index contributed by atoms with van der Waals surface area (Å²) in [5.74, 6) is 0. The van der Waals surface area contributed by atoms with E-state index in [1.807, 2.05) is 22.9 Å². The Morgan fingerprint density at radius 2 is 2.67 bits per heavy atom. The Hall–Kier alpha value is -0.830. The molecule has 0 fully saturated rings. The topological polar surface area (TPSA) is 17.3 Å². The molecule has 0 aliphatic rings. The first-order valence-electron chi connectivity index (χ1n) is 2.68. The van der Waals surface area contributed by atoms with Gasteiger partial charge in [0.15, 0.2) is 4.96 Å². The van der Waals surface area contributed by atoms with Crippen molar-refractivity contribution >= 4 is 16.3 Å². The molecule has 2 heterocycles. The second-order valence-corrected chi connectivity index (χ2v) is 2.74. The molecule has 2 aromatic rings. The molecule has 0 bridgehead atoms. The lowest BCUT2D eigenvalue weighted by Gasteiger charge is -1.70. The highest BCUT2D eigenvalue weighted by Crippen LogP contribution is 2.09. The van der Waals surface area contributed by atoms with Crippen molar-refractivity contribution in [1.29, 1.82) is 0 Å². The third-order valence-corrected chi connectivity index (χ3v) is 1.89. The van der Waals surface area contributed by atoms with Crippen LogP contribution in [0.2, 0.25) is 0 Å². The van der Waals surface area contributed by atoms with E-state index in [0.717, 1.165) is 10.7 Å². The maximum Gasteiger partial charge on any atom is 0.194 e. The van der Waals surface area contributed by atoms with Gasteiger partial charge in [0.05, 0.1) is 11.9 Å². The fourth-order valence-electron chi connectivity index (χ4n) is 0.781. The molecule has 0 amide bonds. The lowest BCUT2D eigenvalue weighted by Crippen LogP contribution is -1.67. The number of aryl methyl sites for hydroxylation is 1. The van der Waals surface area contributed by atoms with Crippen LogP contribution in [-0.2, 0) is 0 Å². The number of thiazole rings is 1. The maximum atomic E-state index is 4.20. The zero-order chi connectivity index (χ0) is 6.27. The van der Waals surface area contributed by atoms with Crippen LogP contribution in [0.1, 0.15) is 5.69 Å². The van der Waals surface area contributed by atoms with Gasteiger partial charge in [-0.1, -0.05) is 0 Å².